The van der Waals surface area contributed by atoms with Crippen LogP contribution in [0.1, 0.15) is 51.0 Å². The number of nitrogens with zero attached hydrogens (tertiary/aromatic N) is 2. The Bertz CT molecular complexity index is 531. The number of urea groups is 1. The van der Waals surface area contributed by atoms with E-state index in [1.807, 2.05) is 11.9 Å². The molecule has 2 amide bonds. The Morgan fingerprint density at radius 3 is 2.36 bits per heavy atom. The van der Waals surface area contributed by atoms with Crippen LogP contribution in [0.3, 0.4) is 0 Å². The van der Waals surface area contributed by atoms with Gasteiger partial charge in [0.15, 0.2) is 0 Å². The quantitative estimate of drug-likeness (QED) is 0.901. The third-order valence-corrected chi connectivity index (χ3v) is 6.02. The predicted octanol–water partition coefficient (Wildman–Crippen LogP) is 3.87. The van der Waals surface area contributed by atoms with E-state index in [1.54, 1.807) is 0 Å². The highest BCUT2D eigenvalue weighted by Gasteiger charge is 2.27. The number of amides is 2. The number of piperidine rings is 1. The van der Waals surface area contributed by atoms with Gasteiger partial charge in [0.2, 0.25) is 0 Å². The average Bonchev–Trinajstić information content (AvgIpc) is 2.64. The monoisotopic (exact) mass is 343 g/mol. The van der Waals surface area contributed by atoms with E-state index >= 15 is 0 Å². The standard InChI is InChI=1S/C21H33N3O/c1-17-8-10-20(11-9-17)23(2)21(25)22-19-12-14-24(15-13-19)16-18-6-4-3-5-7-18/h3-7,17,19-20H,8-16H2,1-2H3,(H,22,25). The highest BCUT2D eigenvalue weighted by molar-refractivity contribution is 5.74. The molecule has 1 N–H and O–H groups in total. The number of hydrogen-bond donors (Lipinski definition) is 1. The van der Waals surface area contributed by atoms with Gasteiger partial charge in [-0.1, -0.05) is 37.3 Å². The summed E-state index contributed by atoms with van der Waals surface area (Å²) in [5.41, 5.74) is 1.37. The van der Waals surface area contributed by atoms with Crippen molar-refractivity contribution in [1.29, 1.82) is 0 Å². The number of likely N-dealkylation sites (tertiary alicyclic amines) is 1. The average molecular weight is 344 g/mol. The molecule has 1 heterocycles. The van der Waals surface area contributed by atoms with Crippen molar-refractivity contribution in [1.82, 2.24) is 15.1 Å². The van der Waals surface area contributed by atoms with Crippen molar-refractivity contribution in [3.63, 3.8) is 0 Å². The molecule has 0 radical (unpaired) electrons. The van der Waals surface area contributed by atoms with Crippen molar-refractivity contribution in [2.45, 2.75) is 64.1 Å². The molecule has 1 saturated heterocycles. The Morgan fingerprint density at radius 1 is 1.08 bits per heavy atom. The summed E-state index contributed by atoms with van der Waals surface area (Å²) >= 11 is 0. The lowest BCUT2D eigenvalue weighted by Crippen LogP contribution is -2.51. The van der Waals surface area contributed by atoms with E-state index in [0.717, 1.165) is 51.2 Å². The Labute approximate surface area is 152 Å². The minimum Gasteiger partial charge on any atom is -0.335 e. The largest absolute Gasteiger partial charge is 0.335 e. The van der Waals surface area contributed by atoms with Crippen LogP contribution in [0.25, 0.3) is 0 Å². The summed E-state index contributed by atoms with van der Waals surface area (Å²) in [4.78, 5) is 17.0. The fourth-order valence-corrected chi connectivity index (χ4v) is 4.15. The van der Waals surface area contributed by atoms with Gasteiger partial charge in [0.05, 0.1) is 0 Å². The Kier molecular flexibility index (Phi) is 6.35. The second-order valence-electron chi connectivity index (χ2n) is 8.01. The molecule has 2 aliphatic rings. The van der Waals surface area contributed by atoms with Gasteiger partial charge >= 0.3 is 6.03 Å². The number of carbonyl (C=O) groups is 1. The van der Waals surface area contributed by atoms with Crippen LogP contribution >= 0.6 is 0 Å². The van der Waals surface area contributed by atoms with Gasteiger partial charge < -0.3 is 10.2 Å². The van der Waals surface area contributed by atoms with E-state index in [2.05, 4.69) is 47.5 Å². The van der Waals surface area contributed by atoms with Crippen LogP contribution in [0.4, 0.5) is 4.79 Å². The van der Waals surface area contributed by atoms with E-state index in [1.165, 1.54) is 18.4 Å². The Morgan fingerprint density at radius 2 is 1.72 bits per heavy atom. The minimum atomic E-state index is 0.126. The van der Waals surface area contributed by atoms with Crippen molar-refractivity contribution < 1.29 is 4.79 Å². The number of rotatable bonds is 4. The van der Waals surface area contributed by atoms with E-state index in [0.29, 0.717) is 12.1 Å². The molecule has 1 aliphatic heterocycles. The lowest BCUT2D eigenvalue weighted by atomic mass is 9.87. The van der Waals surface area contributed by atoms with Gasteiger partial charge in [-0.2, -0.15) is 0 Å². The molecule has 25 heavy (non-hydrogen) atoms. The van der Waals surface area contributed by atoms with E-state index in [-0.39, 0.29) is 6.03 Å². The van der Waals surface area contributed by atoms with Crippen molar-refractivity contribution in [3.8, 4) is 0 Å². The minimum absolute atomic E-state index is 0.126. The number of benzene rings is 1. The van der Waals surface area contributed by atoms with Crippen LogP contribution in [0.2, 0.25) is 0 Å². The van der Waals surface area contributed by atoms with Gasteiger partial charge in [0.1, 0.15) is 0 Å². The Balaban J connectivity index is 1.40. The van der Waals surface area contributed by atoms with Crippen molar-refractivity contribution in [3.05, 3.63) is 35.9 Å². The predicted molar refractivity (Wildman–Crippen MR) is 102 cm³/mol. The van der Waals surface area contributed by atoms with Crippen LogP contribution in [-0.2, 0) is 6.54 Å². The maximum atomic E-state index is 12.6. The van der Waals surface area contributed by atoms with Gasteiger partial charge in [0, 0.05) is 38.8 Å². The molecule has 138 valence electrons. The van der Waals surface area contributed by atoms with Gasteiger partial charge in [-0.25, -0.2) is 4.79 Å². The SMILES string of the molecule is CC1CCC(N(C)C(=O)NC2CCN(Cc3ccccc3)CC2)CC1. The number of hydrogen-bond acceptors (Lipinski definition) is 2. The molecule has 0 spiro atoms. The van der Waals surface area contributed by atoms with E-state index in [4.69, 9.17) is 0 Å². The first kappa shape index (κ1) is 18.2. The third-order valence-electron chi connectivity index (χ3n) is 6.02. The molecule has 0 aromatic heterocycles. The smallest absolute Gasteiger partial charge is 0.317 e. The molecule has 4 heteroatoms. The first-order chi connectivity index (χ1) is 12.1. The summed E-state index contributed by atoms with van der Waals surface area (Å²) in [7, 11) is 1.97. The van der Waals surface area contributed by atoms with Crippen LogP contribution < -0.4 is 5.32 Å². The molecular formula is C21H33N3O. The van der Waals surface area contributed by atoms with Gasteiger partial charge in [0.25, 0.3) is 0 Å². The zero-order chi connectivity index (χ0) is 17.6. The maximum Gasteiger partial charge on any atom is 0.317 e. The lowest BCUT2D eigenvalue weighted by molar-refractivity contribution is 0.149. The van der Waals surface area contributed by atoms with Crippen LogP contribution in [0.15, 0.2) is 30.3 Å². The van der Waals surface area contributed by atoms with Gasteiger partial charge in [-0.3, -0.25) is 4.90 Å². The summed E-state index contributed by atoms with van der Waals surface area (Å²) in [6.07, 6.45) is 6.91. The fraction of sp³-hybridized carbons (Fsp3) is 0.667. The molecular weight excluding hydrogens is 310 g/mol. The molecule has 1 aromatic rings. The van der Waals surface area contributed by atoms with Crippen LogP contribution in [-0.4, -0.2) is 48.1 Å². The topological polar surface area (TPSA) is 35.6 Å². The van der Waals surface area contributed by atoms with E-state index < -0.39 is 0 Å². The summed E-state index contributed by atoms with van der Waals surface area (Å²) in [5, 5.41) is 3.27. The van der Waals surface area contributed by atoms with Crippen LogP contribution in [0, 0.1) is 5.92 Å². The maximum absolute atomic E-state index is 12.6. The summed E-state index contributed by atoms with van der Waals surface area (Å²) in [6.45, 7) is 5.45. The molecule has 1 aromatic carbocycles. The fourth-order valence-electron chi connectivity index (χ4n) is 4.15. The van der Waals surface area contributed by atoms with Crippen molar-refractivity contribution >= 4 is 6.03 Å². The van der Waals surface area contributed by atoms with Crippen molar-refractivity contribution in [2.75, 3.05) is 20.1 Å². The van der Waals surface area contributed by atoms with Gasteiger partial charge in [-0.05, 0) is 50.0 Å². The second kappa shape index (κ2) is 8.70. The number of carbonyl (C=O) groups excluding carboxylic acids is 1. The molecule has 2 fully saturated rings. The lowest BCUT2D eigenvalue weighted by Gasteiger charge is -2.36. The molecule has 1 aliphatic carbocycles. The highest BCUT2D eigenvalue weighted by atomic mass is 16.2. The summed E-state index contributed by atoms with van der Waals surface area (Å²) in [5.74, 6) is 0.821. The first-order valence-electron chi connectivity index (χ1n) is 9.91. The van der Waals surface area contributed by atoms with Crippen LogP contribution in [0.5, 0.6) is 0 Å². The zero-order valence-corrected chi connectivity index (χ0v) is 15.8. The van der Waals surface area contributed by atoms with E-state index in [9.17, 15) is 4.79 Å². The molecule has 0 unspecified atom stereocenters. The molecule has 0 bridgehead atoms. The van der Waals surface area contributed by atoms with Crippen molar-refractivity contribution in [2.24, 2.45) is 5.92 Å². The molecule has 4 nitrogen and oxygen atoms in total. The Hall–Kier alpha value is -1.55. The second-order valence-corrected chi connectivity index (χ2v) is 8.01. The third kappa shape index (κ3) is 5.21. The first-order valence-corrected chi connectivity index (χ1v) is 9.91. The van der Waals surface area contributed by atoms with Gasteiger partial charge in [-0.15, -0.1) is 0 Å². The normalized spacial score (nSPS) is 25.5. The molecule has 3 rings (SSSR count). The zero-order valence-electron chi connectivity index (χ0n) is 15.8. The number of nitrogens with one attached hydrogen (secondary N) is 1. The highest BCUT2D eigenvalue weighted by Crippen LogP contribution is 2.26. The molecule has 1 saturated carbocycles. The summed E-state index contributed by atoms with van der Waals surface area (Å²) < 4.78 is 0. The molecule has 0 atom stereocenters. The summed E-state index contributed by atoms with van der Waals surface area (Å²) in [6, 6.07) is 11.5.